The summed E-state index contributed by atoms with van der Waals surface area (Å²) in [6, 6.07) is 4.56. The van der Waals surface area contributed by atoms with Crippen molar-refractivity contribution in [2.45, 2.75) is 45.1 Å². The standard InChI is InChI=1S/C19H20N4S/c1-11-4-7-14-15(9-11)24-19-16(14)18(21-13-5-6-13)22-17(23-19)12-3-2-8-20-10-12/h2-3,8,10-11,13H,4-7,9H2,1H3,(H,21,22,23)/t11-/m0/s1. The number of pyridine rings is 1. The van der Waals surface area contributed by atoms with Crippen LogP contribution < -0.4 is 5.32 Å². The van der Waals surface area contributed by atoms with Crippen molar-refractivity contribution in [3.8, 4) is 11.4 Å². The minimum Gasteiger partial charge on any atom is -0.367 e. The Balaban J connectivity index is 1.70. The monoisotopic (exact) mass is 336 g/mol. The molecule has 122 valence electrons. The van der Waals surface area contributed by atoms with Crippen LogP contribution in [0.1, 0.15) is 36.6 Å². The summed E-state index contributed by atoms with van der Waals surface area (Å²) in [5.74, 6) is 2.59. The molecule has 5 rings (SSSR count). The van der Waals surface area contributed by atoms with Gasteiger partial charge in [0, 0.05) is 28.9 Å². The van der Waals surface area contributed by atoms with Gasteiger partial charge in [0.15, 0.2) is 5.82 Å². The van der Waals surface area contributed by atoms with Crippen molar-refractivity contribution >= 4 is 27.4 Å². The van der Waals surface area contributed by atoms with Gasteiger partial charge in [-0.2, -0.15) is 0 Å². The van der Waals surface area contributed by atoms with Crippen molar-refractivity contribution in [3.63, 3.8) is 0 Å². The van der Waals surface area contributed by atoms with E-state index in [1.807, 2.05) is 29.7 Å². The van der Waals surface area contributed by atoms with E-state index < -0.39 is 0 Å². The van der Waals surface area contributed by atoms with Gasteiger partial charge in [-0.25, -0.2) is 9.97 Å². The van der Waals surface area contributed by atoms with Crippen LogP contribution in [-0.2, 0) is 12.8 Å². The first-order valence-corrected chi connectivity index (χ1v) is 9.59. The van der Waals surface area contributed by atoms with Crippen LogP contribution >= 0.6 is 11.3 Å². The predicted molar refractivity (Wildman–Crippen MR) is 98.5 cm³/mol. The van der Waals surface area contributed by atoms with E-state index in [-0.39, 0.29) is 0 Å². The molecule has 0 saturated heterocycles. The first kappa shape index (κ1) is 14.3. The number of thiophene rings is 1. The van der Waals surface area contributed by atoms with E-state index in [0.717, 1.165) is 34.4 Å². The van der Waals surface area contributed by atoms with Gasteiger partial charge in [0.2, 0.25) is 0 Å². The molecular weight excluding hydrogens is 316 g/mol. The summed E-state index contributed by atoms with van der Waals surface area (Å²) >= 11 is 1.86. The maximum Gasteiger partial charge on any atom is 0.164 e. The number of nitrogens with one attached hydrogen (secondary N) is 1. The second kappa shape index (κ2) is 5.52. The number of nitrogens with zero attached hydrogens (tertiary/aromatic N) is 3. The SMILES string of the molecule is C[C@H]1CCc2c(sc3nc(-c4cccnc4)nc(NC4CC4)c23)C1. The average Bonchev–Trinajstić information content (AvgIpc) is 3.33. The molecule has 1 atom stereocenters. The first-order valence-electron chi connectivity index (χ1n) is 8.77. The van der Waals surface area contributed by atoms with E-state index in [2.05, 4.69) is 17.2 Å². The van der Waals surface area contributed by atoms with Crippen LogP contribution in [0.5, 0.6) is 0 Å². The lowest BCUT2D eigenvalue weighted by Gasteiger charge is -2.18. The second-order valence-electron chi connectivity index (χ2n) is 7.09. The Morgan fingerprint density at radius 2 is 2.12 bits per heavy atom. The van der Waals surface area contributed by atoms with Crippen LogP contribution in [0.15, 0.2) is 24.5 Å². The lowest BCUT2D eigenvalue weighted by atomic mass is 9.89. The van der Waals surface area contributed by atoms with Gasteiger partial charge in [0.1, 0.15) is 10.6 Å². The van der Waals surface area contributed by atoms with E-state index in [4.69, 9.17) is 9.97 Å². The molecule has 0 aliphatic heterocycles. The molecule has 0 amide bonds. The number of hydrogen-bond donors (Lipinski definition) is 1. The molecule has 0 unspecified atom stereocenters. The minimum atomic E-state index is 0.586. The highest BCUT2D eigenvalue weighted by atomic mass is 32.1. The highest BCUT2D eigenvalue weighted by Crippen LogP contribution is 2.41. The molecule has 5 heteroatoms. The highest BCUT2D eigenvalue weighted by molar-refractivity contribution is 7.19. The second-order valence-corrected chi connectivity index (χ2v) is 8.17. The molecule has 2 aliphatic carbocycles. The van der Waals surface area contributed by atoms with Gasteiger partial charge in [0.05, 0.1) is 5.39 Å². The number of aromatic nitrogens is 3. The van der Waals surface area contributed by atoms with Crippen molar-refractivity contribution in [2.24, 2.45) is 5.92 Å². The molecule has 1 N–H and O–H groups in total. The quantitative estimate of drug-likeness (QED) is 0.767. The molecule has 0 spiro atoms. The van der Waals surface area contributed by atoms with Crippen LogP contribution in [0.3, 0.4) is 0 Å². The van der Waals surface area contributed by atoms with E-state index in [9.17, 15) is 0 Å². The molecule has 3 aromatic heterocycles. The molecule has 0 radical (unpaired) electrons. The molecule has 0 bridgehead atoms. The summed E-state index contributed by atoms with van der Waals surface area (Å²) in [7, 11) is 0. The van der Waals surface area contributed by atoms with Gasteiger partial charge >= 0.3 is 0 Å². The van der Waals surface area contributed by atoms with Gasteiger partial charge < -0.3 is 5.32 Å². The van der Waals surface area contributed by atoms with E-state index in [0.29, 0.717) is 6.04 Å². The summed E-state index contributed by atoms with van der Waals surface area (Å²) in [4.78, 5) is 16.7. The van der Waals surface area contributed by atoms with E-state index in [1.165, 1.54) is 41.5 Å². The maximum absolute atomic E-state index is 4.90. The molecule has 1 fully saturated rings. The predicted octanol–water partition coefficient (Wildman–Crippen LogP) is 4.45. The van der Waals surface area contributed by atoms with E-state index in [1.54, 1.807) is 6.20 Å². The van der Waals surface area contributed by atoms with Crippen LogP contribution in [0.25, 0.3) is 21.6 Å². The fourth-order valence-corrected chi connectivity index (χ4v) is 4.87. The number of fused-ring (bicyclic) bond motifs is 3. The first-order chi connectivity index (χ1) is 11.8. The number of anilines is 1. The Labute approximate surface area is 145 Å². The molecular formula is C19H20N4S. The van der Waals surface area contributed by atoms with Crippen LogP contribution in [-0.4, -0.2) is 21.0 Å². The Morgan fingerprint density at radius 1 is 1.21 bits per heavy atom. The zero-order chi connectivity index (χ0) is 16.1. The Bertz CT molecular complexity index is 899. The van der Waals surface area contributed by atoms with Gasteiger partial charge in [0.25, 0.3) is 0 Å². The summed E-state index contributed by atoms with van der Waals surface area (Å²) in [5.41, 5.74) is 2.48. The smallest absolute Gasteiger partial charge is 0.164 e. The molecule has 4 nitrogen and oxygen atoms in total. The number of hydrogen-bond acceptors (Lipinski definition) is 5. The summed E-state index contributed by atoms with van der Waals surface area (Å²) < 4.78 is 0. The van der Waals surface area contributed by atoms with Gasteiger partial charge in [-0.1, -0.05) is 6.92 Å². The Hall–Kier alpha value is -2.01. The average molecular weight is 336 g/mol. The van der Waals surface area contributed by atoms with Crippen LogP contribution in [0, 0.1) is 5.92 Å². The fraction of sp³-hybridized carbons (Fsp3) is 0.421. The largest absolute Gasteiger partial charge is 0.367 e. The number of rotatable bonds is 3. The summed E-state index contributed by atoms with van der Waals surface area (Å²) in [6.07, 6.45) is 9.74. The third-order valence-corrected chi connectivity index (χ3v) is 6.14. The highest BCUT2D eigenvalue weighted by Gasteiger charge is 2.27. The molecule has 3 heterocycles. The van der Waals surface area contributed by atoms with Crippen molar-refractivity contribution in [1.29, 1.82) is 0 Å². The molecule has 1 saturated carbocycles. The third kappa shape index (κ3) is 2.47. The maximum atomic E-state index is 4.90. The molecule has 3 aromatic rings. The van der Waals surface area contributed by atoms with Gasteiger partial charge in [-0.15, -0.1) is 11.3 Å². The zero-order valence-corrected chi connectivity index (χ0v) is 14.6. The van der Waals surface area contributed by atoms with Crippen LogP contribution in [0.4, 0.5) is 5.82 Å². The Kier molecular flexibility index (Phi) is 3.30. The zero-order valence-electron chi connectivity index (χ0n) is 13.7. The molecule has 24 heavy (non-hydrogen) atoms. The van der Waals surface area contributed by atoms with Gasteiger partial charge in [-0.05, 0) is 55.7 Å². The molecule has 2 aliphatic rings. The molecule has 0 aromatic carbocycles. The lowest BCUT2D eigenvalue weighted by molar-refractivity contribution is 0.509. The van der Waals surface area contributed by atoms with Crippen molar-refractivity contribution < 1.29 is 0 Å². The fourth-order valence-electron chi connectivity index (χ4n) is 3.49. The van der Waals surface area contributed by atoms with Crippen molar-refractivity contribution in [3.05, 3.63) is 35.0 Å². The topological polar surface area (TPSA) is 50.7 Å². The van der Waals surface area contributed by atoms with Crippen molar-refractivity contribution in [2.75, 3.05) is 5.32 Å². The number of aryl methyl sites for hydroxylation is 1. The van der Waals surface area contributed by atoms with Crippen LogP contribution in [0.2, 0.25) is 0 Å². The summed E-state index contributed by atoms with van der Waals surface area (Å²) in [6.45, 7) is 2.35. The normalized spacial score (nSPS) is 20.1. The summed E-state index contributed by atoms with van der Waals surface area (Å²) in [5, 5.41) is 4.93. The van der Waals surface area contributed by atoms with Crippen molar-refractivity contribution in [1.82, 2.24) is 15.0 Å². The van der Waals surface area contributed by atoms with E-state index >= 15 is 0 Å². The van der Waals surface area contributed by atoms with Gasteiger partial charge in [-0.3, -0.25) is 4.98 Å². The third-order valence-electron chi connectivity index (χ3n) is 4.99. The lowest BCUT2D eigenvalue weighted by Crippen LogP contribution is -2.10. The minimum absolute atomic E-state index is 0.586. The Morgan fingerprint density at radius 3 is 2.92 bits per heavy atom.